The molecule has 41 heavy (non-hydrogen) atoms. The summed E-state index contributed by atoms with van der Waals surface area (Å²) in [5.74, 6) is -0.0376. The van der Waals surface area contributed by atoms with E-state index < -0.39 is 12.1 Å². The van der Waals surface area contributed by atoms with Crippen molar-refractivity contribution in [3.05, 3.63) is 12.2 Å². The van der Waals surface area contributed by atoms with Gasteiger partial charge < -0.3 is 15.5 Å². The van der Waals surface area contributed by atoms with Crippen LogP contribution in [0, 0.1) is 0 Å². The van der Waals surface area contributed by atoms with Crippen molar-refractivity contribution in [2.24, 2.45) is 0 Å². The Morgan fingerprint density at radius 3 is 1.34 bits per heavy atom. The van der Waals surface area contributed by atoms with Crippen LogP contribution in [-0.2, 0) is 4.79 Å². The Balaban J connectivity index is 3.51. The topological polar surface area (TPSA) is 69.6 Å². The molecule has 0 rings (SSSR count). The molecule has 0 spiro atoms. The number of hydrogen-bond acceptors (Lipinski definition) is 3. The first-order valence-corrected chi connectivity index (χ1v) is 18.4. The molecule has 0 saturated heterocycles. The summed E-state index contributed by atoms with van der Waals surface area (Å²) in [6.45, 7) is 4.33. The fourth-order valence-electron chi connectivity index (χ4n) is 5.65. The molecule has 0 aliphatic carbocycles. The van der Waals surface area contributed by atoms with Gasteiger partial charge in [-0.1, -0.05) is 167 Å². The minimum Gasteiger partial charge on any atom is -0.394 e. The molecule has 0 fully saturated rings. The van der Waals surface area contributed by atoms with Crippen LogP contribution in [0.1, 0.15) is 200 Å². The van der Waals surface area contributed by atoms with Gasteiger partial charge in [-0.25, -0.2) is 0 Å². The molecule has 0 aromatic heterocycles. The molecule has 0 heterocycles. The fourth-order valence-corrected chi connectivity index (χ4v) is 5.65. The van der Waals surface area contributed by atoms with Crippen LogP contribution in [0.5, 0.6) is 0 Å². The Morgan fingerprint density at radius 1 is 0.561 bits per heavy atom. The molecular weight excluding hydrogens is 506 g/mol. The molecule has 4 heteroatoms. The van der Waals surface area contributed by atoms with E-state index in [1.54, 1.807) is 0 Å². The standard InChI is InChI=1S/C37H73NO3/c1-3-5-7-9-11-13-14-15-16-17-18-19-20-21-22-23-25-27-29-31-33-37(41)38-35(34-39)36(40)32-30-28-26-24-12-10-8-6-4-2/h18-19,35-36,39-40H,3-17,20-34H2,1-2H3,(H,38,41)/b19-18-. The van der Waals surface area contributed by atoms with E-state index in [0.717, 1.165) is 25.7 Å². The Bertz CT molecular complexity index is 550. The van der Waals surface area contributed by atoms with Crippen LogP contribution in [0.2, 0.25) is 0 Å². The van der Waals surface area contributed by atoms with Crippen LogP contribution in [0.15, 0.2) is 12.2 Å². The number of rotatable bonds is 33. The number of aliphatic hydroxyl groups is 2. The van der Waals surface area contributed by atoms with Gasteiger partial charge in [-0.05, 0) is 38.5 Å². The highest BCUT2D eigenvalue weighted by Crippen LogP contribution is 2.14. The van der Waals surface area contributed by atoms with Gasteiger partial charge in [-0.2, -0.15) is 0 Å². The van der Waals surface area contributed by atoms with Gasteiger partial charge >= 0.3 is 0 Å². The molecule has 0 radical (unpaired) electrons. The summed E-state index contributed by atoms with van der Waals surface area (Å²) in [6.07, 6.45) is 39.8. The molecule has 4 nitrogen and oxygen atoms in total. The summed E-state index contributed by atoms with van der Waals surface area (Å²) in [7, 11) is 0. The molecule has 0 aliphatic heterocycles. The average molecular weight is 580 g/mol. The van der Waals surface area contributed by atoms with E-state index in [9.17, 15) is 15.0 Å². The lowest BCUT2D eigenvalue weighted by molar-refractivity contribution is -0.123. The number of amides is 1. The zero-order valence-electron chi connectivity index (χ0n) is 27.8. The number of unbranched alkanes of at least 4 members (excludes halogenated alkanes) is 24. The summed E-state index contributed by atoms with van der Waals surface area (Å²) in [4.78, 5) is 12.3. The van der Waals surface area contributed by atoms with Crippen molar-refractivity contribution >= 4 is 5.91 Å². The normalized spacial score (nSPS) is 13.2. The number of carbonyl (C=O) groups is 1. The molecule has 244 valence electrons. The first kappa shape index (κ1) is 40.1. The minimum absolute atomic E-state index is 0.0376. The van der Waals surface area contributed by atoms with Crippen molar-refractivity contribution in [1.29, 1.82) is 0 Å². The van der Waals surface area contributed by atoms with Gasteiger partial charge in [-0.3, -0.25) is 4.79 Å². The molecular formula is C37H73NO3. The maximum Gasteiger partial charge on any atom is 0.220 e. The van der Waals surface area contributed by atoms with E-state index in [4.69, 9.17) is 0 Å². The lowest BCUT2D eigenvalue weighted by Gasteiger charge is -2.22. The second-order valence-electron chi connectivity index (χ2n) is 12.6. The lowest BCUT2D eigenvalue weighted by Crippen LogP contribution is -2.45. The zero-order valence-corrected chi connectivity index (χ0v) is 27.8. The van der Waals surface area contributed by atoms with Crippen LogP contribution in [0.25, 0.3) is 0 Å². The Labute approximate surface area is 256 Å². The van der Waals surface area contributed by atoms with Crippen LogP contribution in [0.4, 0.5) is 0 Å². The molecule has 1 amide bonds. The third kappa shape index (κ3) is 30.4. The highest BCUT2D eigenvalue weighted by Gasteiger charge is 2.19. The van der Waals surface area contributed by atoms with E-state index in [2.05, 4.69) is 31.3 Å². The van der Waals surface area contributed by atoms with E-state index >= 15 is 0 Å². The molecule has 0 saturated carbocycles. The van der Waals surface area contributed by atoms with Crippen molar-refractivity contribution in [2.75, 3.05) is 6.61 Å². The minimum atomic E-state index is -0.654. The summed E-state index contributed by atoms with van der Waals surface area (Å²) in [5, 5.41) is 22.9. The van der Waals surface area contributed by atoms with Crippen molar-refractivity contribution in [3.8, 4) is 0 Å². The van der Waals surface area contributed by atoms with E-state index in [1.807, 2.05) is 0 Å². The number of aliphatic hydroxyl groups excluding tert-OH is 2. The smallest absolute Gasteiger partial charge is 0.220 e. The van der Waals surface area contributed by atoms with Gasteiger partial charge in [0.15, 0.2) is 0 Å². The van der Waals surface area contributed by atoms with E-state index in [0.29, 0.717) is 12.8 Å². The second kappa shape index (κ2) is 33.6. The lowest BCUT2D eigenvalue weighted by atomic mass is 10.0. The molecule has 0 aromatic carbocycles. The zero-order chi connectivity index (χ0) is 30.1. The van der Waals surface area contributed by atoms with Crippen molar-refractivity contribution in [2.45, 2.75) is 212 Å². The summed E-state index contributed by atoms with van der Waals surface area (Å²) >= 11 is 0. The quantitative estimate of drug-likeness (QED) is 0.0535. The second-order valence-corrected chi connectivity index (χ2v) is 12.6. The van der Waals surface area contributed by atoms with Crippen molar-refractivity contribution < 1.29 is 15.0 Å². The Morgan fingerprint density at radius 2 is 0.927 bits per heavy atom. The van der Waals surface area contributed by atoms with Gasteiger partial charge in [0.25, 0.3) is 0 Å². The first-order valence-electron chi connectivity index (χ1n) is 18.4. The van der Waals surface area contributed by atoms with Crippen LogP contribution in [0.3, 0.4) is 0 Å². The molecule has 2 atom stereocenters. The van der Waals surface area contributed by atoms with E-state index in [-0.39, 0.29) is 12.5 Å². The molecule has 0 aliphatic rings. The average Bonchev–Trinajstić information content (AvgIpc) is 2.97. The summed E-state index contributed by atoms with van der Waals surface area (Å²) < 4.78 is 0. The number of nitrogens with one attached hydrogen (secondary N) is 1. The summed E-state index contributed by atoms with van der Waals surface area (Å²) in [5.41, 5.74) is 0. The third-order valence-electron chi connectivity index (χ3n) is 8.53. The van der Waals surface area contributed by atoms with E-state index in [1.165, 1.54) is 148 Å². The van der Waals surface area contributed by atoms with Crippen molar-refractivity contribution in [3.63, 3.8) is 0 Å². The van der Waals surface area contributed by atoms with Crippen LogP contribution >= 0.6 is 0 Å². The van der Waals surface area contributed by atoms with Gasteiger partial charge in [0.05, 0.1) is 18.8 Å². The summed E-state index contributed by atoms with van der Waals surface area (Å²) in [6, 6.07) is -0.532. The largest absolute Gasteiger partial charge is 0.394 e. The monoisotopic (exact) mass is 580 g/mol. The SMILES string of the molecule is CCCCCCCCCCC/C=C\CCCCCCCCCC(=O)NC(CO)C(O)CCCCCCCCCCC. The fraction of sp³-hybridized carbons (Fsp3) is 0.919. The highest BCUT2D eigenvalue weighted by molar-refractivity contribution is 5.76. The predicted octanol–water partition coefficient (Wildman–Crippen LogP) is 10.7. The maximum atomic E-state index is 12.3. The maximum absolute atomic E-state index is 12.3. The number of carbonyl (C=O) groups excluding carboxylic acids is 1. The number of allylic oxidation sites excluding steroid dienone is 2. The number of hydrogen-bond donors (Lipinski definition) is 3. The van der Waals surface area contributed by atoms with Gasteiger partial charge in [0, 0.05) is 6.42 Å². The Kier molecular flexibility index (Phi) is 32.9. The van der Waals surface area contributed by atoms with Gasteiger partial charge in [-0.15, -0.1) is 0 Å². The van der Waals surface area contributed by atoms with Crippen LogP contribution < -0.4 is 5.32 Å². The van der Waals surface area contributed by atoms with Crippen LogP contribution in [-0.4, -0.2) is 34.9 Å². The molecule has 2 unspecified atom stereocenters. The van der Waals surface area contributed by atoms with Crippen molar-refractivity contribution in [1.82, 2.24) is 5.32 Å². The first-order chi connectivity index (χ1) is 20.2. The highest BCUT2D eigenvalue weighted by atomic mass is 16.3. The molecule has 0 aromatic rings. The Hall–Kier alpha value is -0.870. The predicted molar refractivity (Wildman–Crippen MR) is 179 cm³/mol. The third-order valence-corrected chi connectivity index (χ3v) is 8.53. The van der Waals surface area contributed by atoms with Gasteiger partial charge in [0.1, 0.15) is 0 Å². The molecule has 3 N–H and O–H groups in total. The molecule has 0 bridgehead atoms. The van der Waals surface area contributed by atoms with Gasteiger partial charge in [0.2, 0.25) is 5.91 Å².